The number of nitrogens with zero attached hydrogens (tertiary/aromatic N) is 4. The van der Waals surface area contributed by atoms with E-state index in [2.05, 4.69) is 20.4 Å². The summed E-state index contributed by atoms with van der Waals surface area (Å²) in [7, 11) is 1.25. The van der Waals surface area contributed by atoms with Crippen molar-refractivity contribution in [3.05, 3.63) is 110 Å². The summed E-state index contributed by atoms with van der Waals surface area (Å²) >= 11 is 1.21. The SMILES string of the molecule is COC(=O)CC(SC)C(=O)Cc1cc2ccc(-c3cn(CCN4C(=O)c5cccc6c(NC(=O)CC(C)(C)C7=C(C)C(=O)C(C)=C(C)C7=O)ccc(c56)C4=O)nn3)cc2oc1=O. The van der Waals surface area contributed by atoms with Crippen molar-refractivity contribution in [2.75, 3.05) is 25.2 Å². The van der Waals surface area contributed by atoms with Crippen LogP contribution in [0, 0.1) is 5.41 Å². The molecule has 1 aliphatic carbocycles. The van der Waals surface area contributed by atoms with Gasteiger partial charge in [-0.3, -0.25) is 43.1 Å². The van der Waals surface area contributed by atoms with Gasteiger partial charge in [0.1, 0.15) is 11.3 Å². The highest BCUT2D eigenvalue weighted by Gasteiger charge is 2.39. The Kier molecular flexibility index (Phi) is 11.8. The maximum Gasteiger partial charge on any atom is 0.339 e. The Bertz CT molecular complexity index is 2900. The number of ether oxygens (including phenoxy) is 1. The molecule has 0 bridgehead atoms. The van der Waals surface area contributed by atoms with Crippen molar-refractivity contribution in [2.45, 2.75) is 65.7 Å². The number of allylic oxidation sites excluding steroid dienone is 4. The largest absolute Gasteiger partial charge is 0.469 e. The van der Waals surface area contributed by atoms with Gasteiger partial charge in [0, 0.05) is 91.2 Å². The highest BCUT2D eigenvalue weighted by atomic mass is 32.2. The second-order valence-corrected chi connectivity index (χ2v) is 17.0. The molecule has 5 aromatic rings. The highest BCUT2D eigenvalue weighted by Crippen LogP contribution is 2.40. The van der Waals surface area contributed by atoms with Crippen molar-refractivity contribution < 1.29 is 42.7 Å². The number of carbonyl (C=O) groups is 7. The quantitative estimate of drug-likeness (QED) is 0.0584. The summed E-state index contributed by atoms with van der Waals surface area (Å²) in [6.07, 6.45) is 2.93. The highest BCUT2D eigenvalue weighted by molar-refractivity contribution is 7.99. The molecule has 3 amide bonds. The molecular weight excluding hydrogens is 815 g/mol. The fourth-order valence-corrected chi connectivity index (χ4v) is 8.74. The van der Waals surface area contributed by atoms with Crippen LogP contribution in [-0.4, -0.2) is 86.1 Å². The Hall–Kier alpha value is -6.81. The van der Waals surface area contributed by atoms with E-state index in [1.54, 1.807) is 102 Å². The van der Waals surface area contributed by atoms with Gasteiger partial charge in [-0.25, -0.2) is 4.79 Å². The van der Waals surface area contributed by atoms with Crippen LogP contribution in [-0.2, 0) is 41.7 Å². The van der Waals surface area contributed by atoms with Crippen LogP contribution < -0.4 is 10.9 Å². The third-order valence-corrected chi connectivity index (χ3v) is 12.5. The molecule has 0 saturated heterocycles. The van der Waals surface area contributed by atoms with Gasteiger partial charge >= 0.3 is 11.6 Å². The van der Waals surface area contributed by atoms with Crippen LogP contribution in [0.5, 0.6) is 0 Å². The van der Waals surface area contributed by atoms with E-state index in [9.17, 15) is 38.4 Å². The second-order valence-electron chi connectivity index (χ2n) is 16.0. The number of imide groups is 1. The minimum absolute atomic E-state index is 0.0281. The lowest BCUT2D eigenvalue weighted by molar-refractivity contribution is -0.141. The first-order valence-corrected chi connectivity index (χ1v) is 21.0. The number of Topliss-reactive ketones (excluding diaryl/α,β-unsaturated/α-hetero) is 3. The van der Waals surface area contributed by atoms with Crippen molar-refractivity contribution >= 4 is 80.2 Å². The average Bonchev–Trinajstić information content (AvgIpc) is 3.72. The lowest BCUT2D eigenvalue weighted by Crippen LogP contribution is -2.42. The Morgan fingerprint density at radius 2 is 1.60 bits per heavy atom. The Balaban J connectivity index is 1.03. The minimum Gasteiger partial charge on any atom is -0.469 e. The zero-order valence-corrected chi connectivity index (χ0v) is 36.0. The standard InChI is InChI=1S/C46H43N5O10S/c1-23-24(2)42(56)40(25(3)41(23)55)46(4,5)21-37(53)47-32-14-13-31-39-29(32)9-8-10-30(39)43(57)51(44(31)58)16-15-50-22-33(48-49-50)26-11-12-27-17-28(45(59)61-35(27)19-26)18-34(52)36(62-7)20-38(54)60-6/h8-14,17,19,22,36H,15-16,18,20-21H2,1-7H3,(H,47,53). The number of fused-ring (bicyclic) bond motifs is 1. The molecule has 1 N–H and O–H groups in total. The molecule has 0 spiro atoms. The van der Waals surface area contributed by atoms with Gasteiger partial charge in [0.25, 0.3) is 11.8 Å². The predicted molar refractivity (Wildman–Crippen MR) is 232 cm³/mol. The number of rotatable bonds is 14. The van der Waals surface area contributed by atoms with Crippen molar-refractivity contribution in [1.29, 1.82) is 0 Å². The number of ketones is 3. The summed E-state index contributed by atoms with van der Waals surface area (Å²) < 4.78 is 11.7. The Morgan fingerprint density at radius 3 is 2.31 bits per heavy atom. The van der Waals surface area contributed by atoms with Gasteiger partial charge in [0.05, 0.1) is 31.5 Å². The van der Waals surface area contributed by atoms with Crippen LogP contribution in [0.2, 0.25) is 0 Å². The number of anilines is 1. The minimum atomic E-state index is -0.971. The van der Waals surface area contributed by atoms with Crippen LogP contribution in [0.4, 0.5) is 5.69 Å². The summed E-state index contributed by atoms with van der Waals surface area (Å²) in [4.78, 5) is 106. The molecule has 7 rings (SSSR count). The summed E-state index contributed by atoms with van der Waals surface area (Å²) in [5.74, 6) is -2.73. The maximum absolute atomic E-state index is 13.9. The van der Waals surface area contributed by atoms with E-state index in [1.807, 2.05) is 0 Å². The third-order valence-electron chi connectivity index (χ3n) is 11.5. The molecule has 1 aliphatic heterocycles. The summed E-state index contributed by atoms with van der Waals surface area (Å²) in [6, 6.07) is 14.9. The van der Waals surface area contributed by atoms with E-state index in [0.29, 0.717) is 55.4 Å². The predicted octanol–water partition coefficient (Wildman–Crippen LogP) is 6.07. The van der Waals surface area contributed by atoms with Crippen LogP contribution in [0.3, 0.4) is 0 Å². The zero-order valence-electron chi connectivity index (χ0n) is 35.2. The number of nitrogens with one attached hydrogen (secondary N) is 1. The number of hydrogen-bond donors (Lipinski definition) is 1. The molecule has 0 saturated carbocycles. The van der Waals surface area contributed by atoms with Crippen LogP contribution >= 0.6 is 11.8 Å². The molecule has 16 heteroatoms. The first-order valence-electron chi connectivity index (χ1n) is 19.7. The molecule has 2 aromatic heterocycles. The lowest BCUT2D eigenvalue weighted by atomic mass is 9.71. The summed E-state index contributed by atoms with van der Waals surface area (Å²) in [6.45, 7) is 8.43. The van der Waals surface area contributed by atoms with Crippen molar-refractivity contribution in [3.8, 4) is 11.3 Å². The topological polar surface area (TPSA) is 205 Å². The van der Waals surface area contributed by atoms with E-state index in [-0.39, 0.29) is 72.0 Å². The number of methoxy groups -OCH3 is 1. The van der Waals surface area contributed by atoms with Gasteiger partial charge < -0.3 is 14.5 Å². The number of amides is 3. The van der Waals surface area contributed by atoms with E-state index in [1.165, 1.54) is 23.6 Å². The Labute approximate surface area is 359 Å². The number of aromatic nitrogens is 3. The number of hydrogen-bond acceptors (Lipinski definition) is 13. The van der Waals surface area contributed by atoms with Crippen LogP contribution in [0.15, 0.2) is 92.3 Å². The summed E-state index contributed by atoms with van der Waals surface area (Å²) in [5, 5.41) is 12.2. The van der Waals surface area contributed by atoms with Gasteiger partial charge in [0.2, 0.25) is 5.91 Å². The van der Waals surface area contributed by atoms with Crippen LogP contribution in [0.1, 0.15) is 73.7 Å². The van der Waals surface area contributed by atoms with E-state index in [4.69, 9.17) is 4.42 Å². The number of benzene rings is 3. The number of esters is 1. The van der Waals surface area contributed by atoms with Gasteiger partial charge in [-0.05, 0) is 57.4 Å². The smallest absolute Gasteiger partial charge is 0.339 e. The van der Waals surface area contributed by atoms with Crippen LogP contribution in [0.25, 0.3) is 33.0 Å². The van der Waals surface area contributed by atoms with Gasteiger partial charge in [0.15, 0.2) is 17.3 Å². The lowest BCUT2D eigenvalue weighted by Gasteiger charge is -2.31. The van der Waals surface area contributed by atoms with Gasteiger partial charge in [-0.2, -0.15) is 11.8 Å². The monoisotopic (exact) mass is 857 g/mol. The molecule has 62 heavy (non-hydrogen) atoms. The fraction of sp³-hybridized carbons (Fsp3) is 0.304. The summed E-state index contributed by atoms with van der Waals surface area (Å²) in [5.41, 5.74) is 2.16. The normalized spacial score (nSPS) is 14.9. The molecule has 3 aromatic carbocycles. The molecule has 1 atom stereocenters. The van der Waals surface area contributed by atoms with Crippen molar-refractivity contribution in [3.63, 3.8) is 0 Å². The first-order chi connectivity index (χ1) is 29.4. The third kappa shape index (κ3) is 8.05. The van der Waals surface area contributed by atoms with E-state index >= 15 is 0 Å². The van der Waals surface area contributed by atoms with E-state index in [0.717, 1.165) is 4.90 Å². The maximum atomic E-state index is 13.9. The van der Waals surface area contributed by atoms with Gasteiger partial charge in [-0.1, -0.05) is 43.3 Å². The molecule has 0 fully saturated rings. The molecular formula is C46H43N5O10S. The molecule has 15 nitrogen and oxygen atoms in total. The van der Waals surface area contributed by atoms with Gasteiger partial charge in [-0.15, -0.1) is 5.10 Å². The molecule has 318 valence electrons. The zero-order chi connectivity index (χ0) is 44.8. The second kappa shape index (κ2) is 16.9. The first kappa shape index (κ1) is 43.3. The number of thioether (sulfide) groups is 1. The number of carbonyl (C=O) groups excluding carboxylic acids is 7. The van der Waals surface area contributed by atoms with Crippen molar-refractivity contribution in [2.24, 2.45) is 5.41 Å². The molecule has 0 radical (unpaired) electrons. The molecule has 2 aliphatic rings. The average molecular weight is 858 g/mol. The van der Waals surface area contributed by atoms with Crippen molar-refractivity contribution in [1.82, 2.24) is 19.9 Å². The Morgan fingerprint density at radius 1 is 0.887 bits per heavy atom. The molecule has 1 unspecified atom stereocenters. The fourth-order valence-electron chi connectivity index (χ4n) is 8.09. The van der Waals surface area contributed by atoms with E-state index < -0.39 is 40.0 Å². The molecule has 3 heterocycles.